The highest BCUT2D eigenvalue weighted by atomic mass is 79.9. The second kappa shape index (κ2) is 6.64. The first-order valence-electron chi connectivity index (χ1n) is 7.32. The van der Waals surface area contributed by atoms with Crippen LogP contribution in [-0.2, 0) is 11.3 Å². The topological polar surface area (TPSA) is 72.8 Å². The van der Waals surface area contributed by atoms with E-state index in [1.165, 1.54) is 0 Å². The molecule has 120 valence electrons. The lowest BCUT2D eigenvalue weighted by Gasteiger charge is -2.13. The molecule has 1 N–H and O–H groups in total. The van der Waals surface area contributed by atoms with E-state index < -0.39 is 0 Å². The van der Waals surface area contributed by atoms with E-state index in [9.17, 15) is 4.79 Å². The molecule has 7 heteroatoms. The fraction of sp³-hybridized carbons (Fsp3) is 0.312. The summed E-state index contributed by atoms with van der Waals surface area (Å²) in [5, 5.41) is 4.39. The third-order valence-electron chi connectivity index (χ3n) is 3.52. The van der Waals surface area contributed by atoms with Gasteiger partial charge in [0.15, 0.2) is 10.1 Å². The summed E-state index contributed by atoms with van der Waals surface area (Å²) in [5.74, 6) is 0.565. The molecule has 0 radical (unpaired) electrons. The van der Waals surface area contributed by atoms with Gasteiger partial charge in [-0.2, -0.15) is 5.10 Å². The minimum absolute atomic E-state index is 0.0851. The van der Waals surface area contributed by atoms with Crippen molar-refractivity contribution in [2.75, 3.05) is 6.61 Å². The number of H-pyrrole nitrogens is 1. The number of nitrogens with zero attached hydrogens (tertiary/aromatic N) is 3. The number of fused-ring (bicyclic) bond motifs is 1. The third kappa shape index (κ3) is 3.35. The average Bonchev–Trinajstić information content (AvgIpc) is 2.86. The van der Waals surface area contributed by atoms with Crippen LogP contribution in [0, 0.1) is 6.92 Å². The highest BCUT2D eigenvalue weighted by Crippen LogP contribution is 2.22. The molecule has 1 atom stereocenters. The second-order valence-electron chi connectivity index (χ2n) is 5.43. The molecule has 0 fully saturated rings. The summed E-state index contributed by atoms with van der Waals surface area (Å²) in [6.45, 7) is 4.69. The van der Waals surface area contributed by atoms with E-state index in [2.05, 4.69) is 31.0 Å². The lowest BCUT2D eigenvalue weighted by molar-refractivity contribution is 0.0925. The molecule has 0 saturated carbocycles. The molecule has 23 heavy (non-hydrogen) atoms. The van der Waals surface area contributed by atoms with Crippen molar-refractivity contribution in [3.05, 3.63) is 56.7 Å². The Bertz CT molecular complexity index is 873. The minimum Gasteiger partial charge on any atom is -0.375 e. The van der Waals surface area contributed by atoms with Crippen molar-refractivity contribution in [2.24, 2.45) is 0 Å². The number of aromatic nitrogens is 4. The maximum Gasteiger partial charge on any atom is 0.277 e. The number of rotatable bonds is 5. The molecule has 3 rings (SSSR count). The number of ether oxygens (including phenoxy) is 1. The van der Waals surface area contributed by atoms with Crippen LogP contribution >= 0.6 is 15.9 Å². The highest BCUT2D eigenvalue weighted by Gasteiger charge is 2.18. The van der Waals surface area contributed by atoms with E-state index in [-0.39, 0.29) is 11.6 Å². The number of hydrogen-bond acceptors (Lipinski definition) is 4. The zero-order valence-electron chi connectivity index (χ0n) is 12.9. The van der Waals surface area contributed by atoms with Crippen molar-refractivity contribution < 1.29 is 4.74 Å². The number of hydrogen-bond donors (Lipinski definition) is 1. The average molecular weight is 377 g/mol. The third-order valence-corrected chi connectivity index (χ3v) is 4.06. The molecule has 0 saturated heterocycles. The maximum absolute atomic E-state index is 12.2. The van der Waals surface area contributed by atoms with Gasteiger partial charge in [-0.25, -0.2) is 4.98 Å². The Morgan fingerprint density at radius 1 is 1.35 bits per heavy atom. The van der Waals surface area contributed by atoms with E-state index in [0.717, 1.165) is 5.56 Å². The first kappa shape index (κ1) is 15.9. The van der Waals surface area contributed by atoms with Crippen molar-refractivity contribution in [2.45, 2.75) is 26.5 Å². The van der Waals surface area contributed by atoms with Crippen LogP contribution in [0.3, 0.4) is 0 Å². The summed E-state index contributed by atoms with van der Waals surface area (Å²) >= 11 is 3.37. The van der Waals surface area contributed by atoms with Gasteiger partial charge in [-0.05, 0) is 35.3 Å². The smallest absolute Gasteiger partial charge is 0.277 e. The molecule has 1 aromatic carbocycles. The van der Waals surface area contributed by atoms with Crippen LogP contribution in [0.1, 0.15) is 24.4 Å². The van der Waals surface area contributed by atoms with Gasteiger partial charge >= 0.3 is 0 Å². The van der Waals surface area contributed by atoms with Crippen LogP contribution < -0.4 is 5.56 Å². The summed E-state index contributed by atoms with van der Waals surface area (Å²) in [7, 11) is 0. The van der Waals surface area contributed by atoms with E-state index in [4.69, 9.17) is 4.74 Å². The zero-order valence-corrected chi connectivity index (χ0v) is 14.5. The highest BCUT2D eigenvalue weighted by molar-refractivity contribution is 9.10. The Balaban J connectivity index is 1.79. The molecule has 2 heterocycles. The Kier molecular flexibility index (Phi) is 4.58. The number of aromatic amines is 1. The molecule has 1 unspecified atom stereocenters. The fourth-order valence-electron chi connectivity index (χ4n) is 2.44. The van der Waals surface area contributed by atoms with Crippen molar-refractivity contribution in [3.8, 4) is 0 Å². The SMILES string of the molecule is Cc1nc2c(Br)nn(C(C)COCc3ccccc3)c2c(=O)[nH]1. The number of benzene rings is 1. The maximum atomic E-state index is 12.2. The van der Waals surface area contributed by atoms with Crippen molar-refractivity contribution in [1.82, 2.24) is 19.7 Å². The zero-order chi connectivity index (χ0) is 16.4. The summed E-state index contributed by atoms with van der Waals surface area (Å²) in [4.78, 5) is 19.3. The van der Waals surface area contributed by atoms with E-state index in [1.807, 2.05) is 37.3 Å². The molecule has 0 amide bonds. The molecule has 0 aliphatic rings. The van der Waals surface area contributed by atoms with Crippen LogP contribution in [0.15, 0.2) is 39.7 Å². The van der Waals surface area contributed by atoms with Crippen LogP contribution in [0.2, 0.25) is 0 Å². The molecule has 0 spiro atoms. The molecule has 0 aliphatic carbocycles. The predicted molar refractivity (Wildman–Crippen MR) is 91.4 cm³/mol. The van der Waals surface area contributed by atoms with Crippen molar-refractivity contribution in [1.29, 1.82) is 0 Å². The van der Waals surface area contributed by atoms with Crippen LogP contribution in [0.25, 0.3) is 11.0 Å². The van der Waals surface area contributed by atoms with Crippen LogP contribution in [0.4, 0.5) is 0 Å². The lowest BCUT2D eigenvalue weighted by Crippen LogP contribution is -2.19. The Hall–Kier alpha value is -1.99. The quantitative estimate of drug-likeness (QED) is 0.742. The summed E-state index contributed by atoms with van der Waals surface area (Å²) < 4.78 is 7.98. The molecule has 3 aromatic rings. The lowest BCUT2D eigenvalue weighted by atomic mass is 10.2. The normalized spacial score (nSPS) is 12.7. The van der Waals surface area contributed by atoms with Gasteiger partial charge in [-0.15, -0.1) is 0 Å². The number of nitrogens with one attached hydrogen (secondary N) is 1. The van der Waals surface area contributed by atoms with Gasteiger partial charge in [-0.1, -0.05) is 30.3 Å². The predicted octanol–water partition coefficient (Wildman–Crippen LogP) is 2.97. The monoisotopic (exact) mass is 376 g/mol. The van der Waals surface area contributed by atoms with E-state index in [1.54, 1.807) is 11.6 Å². The van der Waals surface area contributed by atoms with Gasteiger partial charge in [0.2, 0.25) is 0 Å². The molecule has 0 bridgehead atoms. The van der Waals surface area contributed by atoms with Gasteiger partial charge in [0.05, 0.1) is 19.3 Å². The van der Waals surface area contributed by atoms with Gasteiger partial charge in [0, 0.05) is 0 Å². The second-order valence-corrected chi connectivity index (χ2v) is 6.18. The summed E-state index contributed by atoms with van der Waals surface area (Å²) in [6, 6.07) is 9.88. The Labute approximate surface area is 141 Å². The van der Waals surface area contributed by atoms with E-state index >= 15 is 0 Å². The van der Waals surface area contributed by atoms with Crippen molar-refractivity contribution in [3.63, 3.8) is 0 Å². The number of aryl methyl sites for hydroxylation is 1. The molecule has 0 aliphatic heterocycles. The van der Waals surface area contributed by atoms with Gasteiger partial charge in [-0.3, -0.25) is 9.48 Å². The van der Waals surface area contributed by atoms with Crippen molar-refractivity contribution >= 4 is 27.0 Å². The first-order valence-corrected chi connectivity index (χ1v) is 8.12. The van der Waals surface area contributed by atoms with Gasteiger partial charge < -0.3 is 9.72 Å². The Morgan fingerprint density at radius 2 is 2.09 bits per heavy atom. The summed E-state index contributed by atoms with van der Waals surface area (Å²) in [5.41, 5.74) is 1.95. The largest absolute Gasteiger partial charge is 0.375 e. The standard InChI is InChI=1S/C16H17BrN4O2/c1-10(8-23-9-12-6-4-3-5-7-12)21-14-13(15(17)20-21)18-11(2)19-16(14)22/h3-7,10H,8-9H2,1-2H3,(H,18,19,22). The van der Waals surface area contributed by atoms with Crippen LogP contribution in [0.5, 0.6) is 0 Å². The molecule has 6 nitrogen and oxygen atoms in total. The molecular weight excluding hydrogens is 360 g/mol. The van der Waals surface area contributed by atoms with E-state index in [0.29, 0.717) is 34.7 Å². The van der Waals surface area contributed by atoms with Gasteiger partial charge in [0.1, 0.15) is 11.3 Å². The minimum atomic E-state index is -0.194. The van der Waals surface area contributed by atoms with Gasteiger partial charge in [0.25, 0.3) is 5.56 Å². The first-order chi connectivity index (χ1) is 11.1. The summed E-state index contributed by atoms with van der Waals surface area (Å²) in [6.07, 6.45) is 0. The number of halogens is 1. The van der Waals surface area contributed by atoms with Crippen LogP contribution in [-0.4, -0.2) is 26.4 Å². The molecular formula is C16H17BrN4O2. The molecule has 2 aromatic heterocycles. The Morgan fingerprint density at radius 3 is 2.83 bits per heavy atom. The fourth-order valence-corrected chi connectivity index (χ4v) is 2.89.